The van der Waals surface area contributed by atoms with Crippen molar-refractivity contribution < 1.29 is 9.47 Å². The van der Waals surface area contributed by atoms with Crippen LogP contribution in [0.3, 0.4) is 0 Å². The monoisotopic (exact) mass is 374 g/mol. The van der Waals surface area contributed by atoms with E-state index in [2.05, 4.69) is 20.1 Å². The molecule has 0 radical (unpaired) electrons. The van der Waals surface area contributed by atoms with Crippen molar-refractivity contribution >= 4 is 16.5 Å². The van der Waals surface area contributed by atoms with Crippen LogP contribution in [0.25, 0.3) is 0 Å². The Kier molecular flexibility index (Phi) is 5.20. The standard InChI is InChI=1S/C19H26N4O2S/c1-14-4-3-5-17(20-14)11-24-8-6-16-7-9-25-19(10-16)12-23(13-19)18-22-21-15(2)26-18/h3-5,16H,6-13H2,1-2H3. The number of aryl methyl sites for hydroxylation is 2. The maximum Gasteiger partial charge on any atom is 0.208 e. The Labute approximate surface area is 158 Å². The zero-order chi connectivity index (χ0) is 18.0. The zero-order valence-corrected chi connectivity index (χ0v) is 16.3. The van der Waals surface area contributed by atoms with Crippen LogP contribution in [-0.4, -0.2) is 47.1 Å². The number of pyridine rings is 1. The lowest BCUT2D eigenvalue weighted by molar-refractivity contribution is -0.116. The van der Waals surface area contributed by atoms with Gasteiger partial charge in [0.05, 0.1) is 25.4 Å². The first-order valence-corrected chi connectivity index (χ1v) is 10.1. The van der Waals surface area contributed by atoms with Gasteiger partial charge in [0.15, 0.2) is 0 Å². The van der Waals surface area contributed by atoms with Gasteiger partial charge in [0.1, 0.15) is 10.6 Å². The fourth-order valence-electron chi connectivity index (χ4n) is 3.90. The summed E-state index contributed by atoms with van der Waals surface area (Å²) < 4.78 is 12.0. The molecule has 2 saturated heterocycles. The normalized spacial score (nSPS) is 21.8. The van der Waals surface area contributed by atoms with Gasteiger partial charge in [0.25, 0.3) is 0 Å². The largest absolute Gasteiger partial charge is 0.375 e. The molecule has 1 spiro atoms. The predicted molar refractivity (Wildman–Crippen MR) is 102 cm³/mol. The summed E-state index contributed by atoms with van der Waals surface area (Å²) >= 11 is 1.66. The number of rotatable bonds is 6. The second kappa shape index (κ2) is 7.58. The molecule has 2 fully saturated rings. The van der Waals surface area contributed by atoms with E-state index in [4.69, 9.17) is 9.47 Å². The van der Waals surface area contributed by atoms with E-state index in [1.165, 1.54) is 0 Å². The smallest absolute Gasteiger partial charge is 0.208 e. The molecule has 7 heteroatoms. The molecule has 2 aliphatic heterocycles. The molecule has 4 heterocycles. The lowest BCUT2D eigenvalue weighted by Gasteiger charge is -2.53. The summed E-state index contributed by atoms with van der Waals surface area (Å²) in [5, 5.41) is 10.4. The van der Waals surface area contributed by atoms with E-state index in [0.717, 1.165) is 67.1 Å². The lowest BCUT2D eigenvalue weighted by Crippen LogP contribution is -2.65. The Balaban J connectivity index is 1.21. The maximum atomic E-state index is 6.14. The van der Waals surface area contributed by atoms with Crippen molar-refractivity contribution in [2.45, 2.75) is 45.3 Å². The zero-order valence-electron chi connectivity index (χ0n) is 15.5. The number of hydrogen-bond donors (Lipinski definition) is 0. The summed E-state index contributed by atoms with van der Waals surface area (Å²) in [6, 6.07) is 6.07. The lowest BCUT2D eigenvalue weighted by atomic mass is 9.79. The van der Waals surface area contributed by atoms with E-state index < -0.39 is 0 Å². The topological polar surface area (TPSA) is 60.4 Å². The van der Waals surface area contributed by atoms with Crippen molar-refractivity contribution in [3.63, 3.8) is 0 Å². The molecule has 6 nitrogen and oxygen atoms in total. The van der Waals surface area contributed by atoms with Gasteiger partial charge in [-0.2, -0.15) is 0 Å². The molecule has 26 heavy (non-hydrogen) atoms. The Morgan fingerprint density at radius 3 is 2.96 bits per heavy atom. The van der Waals surface area contributed by atoms with Gasteiger partial charge in [-0.25, -0.2) is 0 Å². The van der Waals surface area contributed by atoms with Gasteiger partial charge in [-0.15, -0.1) is 10.2 Å². The first-order chi connectivity index (χ1) is 12.6. The van der Waals surface area contributed by atoms with E-state index >= 15 is 0 Å². The van der Waals surface area contributed by atoms with Gasteiger partial charge in [0, 0.05) is 18.9 Å². The minimum atomic E-state index is 0.0145. The minimum absolute atomic E-state index is 0.0145. The van der Waals surface area contributed by atoms with Gasteiger partial charge in [-0.05, 0) is 51.2 Å². The second-order valence-electron chi connectivity index (χ2n) is 7.46. The first kappa shape index (κ1) is 17.8. The van der Waals surface area contributed by atoms with Crippen LogP contribution >= 0.6 is 11.3 Å². The molecule has 0 aliphatic carbocycles. The van der Waals surface area contributed by atoms with Crippen molar-refractivity contribution in [1.82, 2.24) is 15.2 Å². The number of nitrogens with zero attached hydrogens (tertiary/aromatic N) is 4. The van der Waals surface area contributed by atoms with E-state index in [9.17, 15) is 0 Å². The number of anilines is 1. The van der Waals surface area contributed by atoms with E-state index in [1.54, 1.807) is 11.3 Å². The summed E-state index contributed by atoms with van der Waals surface area (Å²) in [6.07, 6.45) is 3.34. The SMILES string of the molecule is Cc1cccc(COCCC2CCOC3(C2)CN(c2nnc(C)s2)C3)n1. The fraction of sp³-hybridized carbons (Fsp3) is 0.632. The average Bonchev–Trinajstić information content (AvgIpc) is 3.03. The Morgan fingerprint density at radius 1 is 1.31 bits per heavy atom. The number of aromatic nitrogens is 3. The summed E-state index contributed by atoms with van der Waals surface area (Å²) in [4.78, 5) is 6.77. The van der Waals surface area contributed by atoms with Crippen LogP contribution in [0.2, 0.25) is 0 Å². The highest BCUT2D eigenvalue weighted by Gasteiger charge is 2.48. The fourth-order valence-corrected chi connectivity index (χ4v) is 4.59. The third-order valence-electron chi connectivity index (χ3n) is 5.21. The van der Waals surface area contributed by atoms with Gasteiger partial charge >= 0.3 is 0 Å². The quantitative estimate of drug-likeness (QED) is 0.724. The molecule has 1 unspecified atom stereocenters. The van der Waals surface area contributed by atoms with Crippen molar-refractivity contribution in [2.24, 2.45) is 5.92 Å². The summed E-state index contributed by atoms with van der Waals surface area (Å²) in [7, 11) is 0. The average molecular weight is 375 g/mol. The van der Waals surface area contributed by atoms with Crippen LogP contribution < -0.4 is 4.90 Å². The molecule has 0 bridgehead atoms. The van der Waals surface area contributed by atoms with Crippen LogP contribution in [0, 0.1) is 19.8 Å². The molecule has 2 aliphatic rings. The molecule has 0 amide bonds. The molecule has 0 N–H and O–H groups in total. The molecule has 1 atom stereocenters. The van der Waals surface area contributed by atoms with Crippen LogP contribution in [0.15, 0.2) is 18.2 Å². The third-order valence-corrected chi connectivity index (χ3v) is 6.10. The van der Waals surface area contributed by atoms with Crippen molar-refractivity contribution in [2.75, 3.05) is 31.2 Å². The van der Waals surface area contributed by atoms with Gasteiger partial charge in [0.2, 0.25) is 5.13 Å². The minimum Gasteiger partial charge on any atom is -0.375 e. The highest BCUT2D eigenvalue weighted by atomic mass is 32.1. The highest BCUT2D eigenvalue weighted by molar-refractivity contribution is 7.15. The van der Waals surface area contributed by atoms with Crippen LogP contribution in [0.1, 0.15) is 35.7 Å². The third kappa shape index (κ3) is 4.05. The maximum absolute atomic E-state index is 6.14. The molecule has 2 aromatic rings. The Morgan fingerprint density at radius 2 is 2.19 bits per heavy atom. The van der Waals surface area contributed by atoms with Crippen molar-refractivity contribution in [1.29, 1.82) is 0 Å². The Hall–Kier alpha value is -1.57. The summed E-state index contributed by atoms with van der Waals surface area (Å²) in [5.41, 5.74) is 2.06. The molecule has 4 rings (SSSR count). The molecule has 140 valence electrons. The molecular weight excluding hydrogens is 348 g/mol. The molecular formula is C19H26N4O2S. The molecule has 2 aromatic heterocycles. The summed E-state index contributed by atoms with van der Waals surface area (Å²) in [5.74, 6) is 0.674. The van der Waals surface area contributed by atoms with Crippen molar-refractivity contribution in [3.05, 3.63) is 34.6 Å². The molecule has 0 aromatic carbocycles. The predicted octanol–water partition coefficient (Wildman–Crippen LogP) is 3.14. The number of hydrogen-bond acceptors (Lipinski definition) is 7. The van der Waals surface area contributed by atoms with E-state index in [0.29, 0.717) is 12.5 Å². The second-order valence-corrected chi connectivity index (χ2v) is 8.62. The van der Waals surface area contributed by atoms with Gasteiger partial charge in [-0.1, -0.05) is 17.4 Å². The first-order valence-electron chi connectivity index (χ1n) is 9.31. The van der Waals surface area contributed by atoms with Crippen LogP contribution in [-0.2, 0) is 16.1 Å². The van der Waals surface area contributed by atoms with Gasteiger partial charge in [-0.3, -0.25) is 4.98 Å². The number of ether oxygens (including phenoxy) is 2. The van der Waals surface area contributed by atoms with Crippen LogP contribution in [0.5, 0.6) is 0 Å². The van der Waals surface area contributed by atoms with Crippen molar-refractivity contribution in [3.8, 4) is 0 Å². The molecule has 0 saturated carbocycles. The highest BCUT2D eigenvalue weighted by Crippen LogP contribution is 2.40. The van der Waals surface area contributed by atoms with E-state index in [-0.39, 0.29) is 5.60 Å². The van der Waals surface area contributed by atoms with E-state index in [1.807, 2.05) is 32.0 Å². The summed E-state index contributed by atoms with van der Waals surface area (Å²) in [6.45, 7) is 8.12. The Bertz CT molecular complexity index is 745. The van der Waals surface area contributed by atoms with Gasteiger partial charge < -0.3 is 14.4 Å². The van der Waals surface area contributed by atoms with Crippen LogP contribution in [0.4, 0.5) is 5.13 Å².